The highest BCUT2D eigenvalue weighted by Gasteiger charge is 2.18. The minimum Gasteiger partial charge on any atom is -0.255 e. The second kappa shape index (κ2) is 15.4. The minimum atomic E-state index is 0.910. The molecule has 0 amide bonds. The van der Waals surface area contributed by atoms with Crippen molar-refractivity contribution < 1.29 is 0 Å². The molecule has 0 N–H and O–H groups in total. The van der Waals surface area contributed by atoms with E-state index in [2.05, 4.69) is 164 Å². The number of hydrogen-bond acceptors (Lipinski definition) is 6. The summed E-state index contributed by atoms with van der Waals surface area (Å²) < 4.78 is 0. The van der Waals surface area contributed by atoms with Crippen molar-refractivity contribution in [3.8, 4) is 66.8 Å². The number of nitrogens with zero attached hydrogens (tertiary/aromatic N) is 6. The fraction of sp³-hybridized carbons (Fsp3) is 0. The smallest absolute Gasteiger partial charge is 0.0811 e. The Labute approximate surface area is 379 Å². The second-order valence-electron chi connectivity index (χ2n) is 16.7. The highest BCUT2D eigenvalue weighted by molar-refractivity contribution is 6.07. The Balaban J connectivity index is 1.01. The van der Waals surface area contributed by atoms with Crippen molar-refractivity contribution >= 4 is 65.4 Å². The second-order valence-corrected chi connectivity index (χ2v) is 16.7. The van der Waals surface area contributed by atoms with Gasteiger partial charge in [0.15, 0.2) is 0 Å². The molecule has 0 aliphatic heterocycles. The van der Waals surface area contributed by atoms with Crippen molar-refractivity contribution in [1.82, 2.24) is 29.9 Å². The fourth-order valence-corrected chi connectivity index (χ4v) is 9.73. The summed E-state index contributed by atoms with van der Waals surface area (Å²) in [5.74, 6) is 0. The molecule has 13 aromatic rings. The number of benzene rings is 7. The molecule has 0 aliphatic rings. The molecule has 6 heterocycles. The average molecular weight is 841 g/mol. The molecule has 0 fully saturated rings. The Bertz CT molecular complexity index is 3650. The van der Waals surface area contributed by atoms with Crippen LogP contribution in [0.5, 0.6) is 0 Å². The molecule has 6 heteroatoms. The van der Waals surface area contributed by atoms with Gasteiger partial charge in [-0.05, 0) is 158 Å². The third-order valence-corrected chi connectivity index (χ3v) is 12.9. The summed E-state index contributed by atoms with van der Waals surface area (Å²) in [6.45, 7) is 0. The van der Waals surface area contributed by atoms with E-state index < -0.39 is 0 Å². The minimum absolute atomic E-state index is 0.910. The van der Waals surface area contributed by atoms with E-state index in [-0.39, 0.29) is 0 Å². The van der Waals surface area contributed by atoms with E-state index in [9.17, 15) is 0 Å². The van der Waals surface area contributed by atoms with Gasteiger partial charge in [0.2, 0.25) is 0 Å². The maximum atomic E-state index is 4.89. The fourth-order valence-electron chi connectivity index (χ4n) is 9.73. The lowest BCUT2D eigenvalue weighted by Crippen LogP contribution is -1.93. The summed E-state index contributed by atoms with van der Waals surface area (Å²) in [6, 6.07) is 64.8. The van der Waals surface area contributed by atoms with Gasteiger partial charge in [0.1, 0.15) is 0 Å². The van der Waals surface area contributed by atoms with Crippen molar-refractivity contribution in [3.63, 3.8) is 0 Å². The molecule has 0 spiro atoms. The van der Waals surface area contributed by atoms with Crippen molar-refractivity contribution in [3.05, 3.63) is 219 Å². The molecule has 306 valence electrons. The zero-order valence-corrected chi connectivity index (χ0v) is 35.5. The summed E-state index contributed by atoms with van der Waals surface area (Å²) in [5, 5.41) is 6.19. The molecule has 13 rings (SSSR count). The topological polar surface area (TPSA) is 77.3 Å². The van der Waals surface area contributed by atoms with Crippen molar-refractivity contribution in [1.29, 1.82) is 0 Å². The first-order valence-electron chi connectivity index (χ1n) is 22.1. The van der Waals surface area contributed by atoms with Crippen LogP contribution in [-0.2, 0) is 0 Å². The van der Waals surface area contributed by atoms with Crippen LogP contribution in [0, 0.1) is 0 Å². The van der Waals surface area contributed by atoms with Crippen LogP contribution >= 0.6 is 0 Å². The van der Waals surface area contributed by atoms with Crippen LogP contribution in [0.2, 0.25) is 0 Å². The number of rotatable bonds is 6. The summed E-state index contributed by atoms with van der Waals surface area (Å²) in [4.78, 5) is 28.8. The van der Waals surface area contributed by atoms with Gasteiger partial charge in [-0.2, -0.15) is 0 Å². The summed E-state index contributed by atoms with van der Waals surface area (Å²) in [5.41, 5.74) is 18.9. The Morgan fingerprint density at radius 1 is 0.227 bits per heavy atom. The maximum absolute atomic E-state index is 4.89. The molecule has 0 radical (unpaired) electrons. The predicted octanol–water partition coefficient (Wildman–Crippen LogP) is 15.0. The Kier molecular flexibility index (Phi) is 8.74. The normalized spacial score (nSPS) is 11.6. The molecule has 0 atom stereocenters. The maximum Gasteiger partial charge on any atom is 0.0811 e. The van der Waals surface area contributed by atoms with Crippen LogP contribution < -0.4 is 0 Å². The molecule has 6 aromatic heterocycles. The first-order chi connectivity index (χ1) is 32.7. The number of pyridine rings is 6. The van der Waals surface area contributed by atoms with E-state index in [1.807, 2.05) is 55.4 Å². The standard InChI is InChI=1S/C60H36N6/c1-4-16-49(46(13-1)37-19-22-52-55(31-37)64-34-40-10-7-25-61-58(40)52)43-28-44(50-17-5-2-14-47(50)38-20-23-53-56(32-38)65-35-41-11-8-26-62-59(41)53)30-45(29-43)51-18-6-3-15-48(51)39-21-24-54-57(33-39)66-36-42-12-9-27-63-60(42)54/h1-36H. The molecule has 7 aromatic carbocycles. The Hall–Kier alpha value is -9.00. The van der Waals surface area contributed by atoms with Gasteiger partial charge in [0, 0.05) is 69.5 Å². The molecule has 0 saturated carbocycles. The lowest BCUT2D eigenvalue weighted by atomic mass is 9.86. The average Bonchev–Trinajstić information content (AvgIpc) is 3.40. The SMILES string of the molecule is c1ccc(-c2ccc3c(c2)ncc2cccnc23)c(-c2cc(-c3ccccc3-c3ccc4c(c3)ncc3cccnc34)cc(-c3ccccc3-c3ccc4c(c3)ncc3cccnc34)c2)c1. The zero-order chi connectivity index (χ0) is 43.6. The van der Waals surface area contributed by atoms with Gasteiger partial charge in [-0.25, -0.2) is 0 Å². The highest BCUT2D eigenvalue weighted by atomic mass is 14.7. The Morgan fingerprint density at radius 2 is 0.515 bits per heavy atom. The molecule has 0 aliphatic carbocycles. The van der Waals surface area contributed by atoms with Gasteiger partial charge in [-0.3, -0.25) is 29.9 Å². The van der Waals surface area contributed by atoms with Gasteiger partial charge in [0.05, 0.1) is 33.1 Å². The summed E-state index contributed by atoms with van der Waals surface area (Å²) in [6.07, 6.45) is 11.3. The van der Waals surface area contributed by atoms with Gasteiger partial charge in [0.25, 0.3) is 0 Å². The van der Waals surface area contributed by atoms with Gasteiger partial charge in [-0.15, -0.1) is 0 Å². The first-order valence-corrected chi connectivity index (χ1v) is 22.1. The highest BCUT2D eigenvalue weighted by Crippen LogP contribution is 2.43. The van der Waals surface area contributed by atoms with Crippen LogP contribution in [0.4, 0.5) is 0 Å². The number of aromatic nitrogens is 6. The lowest BCUT2D eigenvalue weighted by Gasteiger charge is -2.18. The monoisotopic (exact) mass is 840 g/mol. The van der Waals surface area contributed by atoms with Crippen LogP contribution in [0.1, 0.15) is 0 Å². The van der Waals surface area contributed by atoms with E-state index in [0.717, 1.165) is 132 Å². The van der Waals surface area contributed by atoms with Gasteiger partial charge in [-0.1, -0.05) is 91.0 Å². The predicted molar refractivity (Wildman–Crippen MR) is 271 cm³/mol. The van der Waals surface area contributed by atoms with Crippen LogP contribution in [0.15, 0.2) is 219 Å². The summed E-state index contributed by atoms with van der Waals surface area (Å²) >= 11 is 0. The van der Waals surface area contributed by atoms with Crippen molar-refractivity contribution in [2.45, 2.75) is 0 Å². The van der Waals surface area contributed by atoms with Crippen LogP contribution in [0.25, 0.3) is 132 Å². The number of fused-ring (bicyclic) bond motifs is 9. The summed E-state index contributed by atoms with van der Waals surface area (Å²) in [7, 11) is 0. The third kappa shape index (κ3) is 6.34. The zero-order valence-electron chi connectivity index (χ0n) is 35.5. The molecule has 0 unspecified atom stereocenters. The van der Waals surface area contributed by atoms with Crippen LogP contribution in [-0.4, -0.2) is 29.9 Å². The molecule has 0 saturated heterocycles. The number of hydrogen-bond donors (Lipinski definition) is 0. The largest absolute Gasteiger partial charge is 0.255 e. The van der Waals surface area contributed by atoms with Gasteiger partial charge >= 0.3 is 0 Å². The molecule has 6 nitrogen and oxygen atoms in total. The van der Waals surface area contributed by atoms with Crippen molar-refractivity contribution in [2.75, 3.05) is 0 Å². The molecule has 0 bridgehead atoms. The van der Waals surface area contributed by atoms with E-state index >= 15 is 0 Å². The van der Waals surface area contributed by atoms with E-state index in [4.69, 9.17) is 29.9 Å². The van der Waals surface area contributed by atoms with Gasteiger partial charge < -0.3 is 0 Å². The molecular formula is C60H36N6. The molecular weight excluding hydrogens is 805 g/mol. The van der Waals surface area contributed by atoms with Crippen molar-refractivity contribution in [2.24, 2.45) is 0 Å². The van der Waals surface area contributed by atoms with E-state index in [1.165, 1.54) is 0 Å². The van der Waals surface area contributed by atoms with E-state index in [1.54, 1.807) is 0 Å². The lowest BCUT2D eigenvalue weighted by molar-refractivity contribution is 1.38. The Morgan fingerprint density at radius 3 is 0.818 bits per heavy atom. The molecule has 66 heavy (non-hydrogen) atoms. The quantitative estimate of drug-likeness (QED) is 0.155. The van der Waals surface area contributed by atoms with Crippen LogP contribution in [0.3, 0.4) is 0 Å². The third-order valence-electron chi connectivity index (χ3n) is 12.9. The van der Waals surface area contributed by atoms with E-state index in [0.29, 0.717) is 0 Å². The first kappa shape index (κ1) is 37.5.